The van der Waals surface area contributed by atoms with Crippen LogP contribution in [0.2, 0.25) is 0 Å². The molecule has 1 aromatic rings. The molecule has 1 N–H and O–H groups in total. The number of methoxy groups -OCH3 is 1. The van der Waals surface area contributed by atoms with E-state index in [1.54, 1.807) is 24.3 Å². The lowest BCUT2D eigenvalue weighted by Gasteiger charge is -2.42. The maximum atomic E-state index is 12.1. The average molecular weight is 576 g/mol. The minimum Gasteiger partial charge on any atom is -0.467 e. The van der Waals surface area contributed by atoms with E-state index >= 15 is 0 Å². The van der Waals surface area contributed by atoms with E-state index in [-0.39, 0.29) is 13.0 Å². The van der Waals surface area contributed by atoms with Gasteiger partial charge in [-0.2, -0.15) is 0 Å². The second-order valence-electron chi connectivity index (χ2n) is 9.07. The molecule has 0 radical (unpaired) electrons. The van der Waals surface area contributed by atoms with Gasteiger partial charge in [-0.25, -0.2) is 4.79 Å². The summed E-state index contributed by atoms with van der Waals surface area (Å²) < 4.78 is 32.0. The molecule has 222 valence electrons. The number of rotatable bonds is 9. The van der Waals surface area contributed by atoms with Gasteiger partial charge >= 0.3 is 29.8 Å². The summed E-state index contributed by atoms with van der Waals surface area (Å²) in [5.41, 5.74) is 1.13. The van der Waals surface area contributed by atoms with Crippen molar-refractivity contribution in [3.05, 3.63) is 35.4 Å². The summed E-state index contributed by atoms with van der Waals surface area (Å²) in [5, 5.41) is 2.54. The minimum atomic E-state index is -1.33. The van der Waals surface area contributed by atoms with Crippen molar-refractivity contribution in [2.75, 3.05) is 13.7 Å². The van der Waals surface area contributed by atoms with Crippen molar-refractivity contribution in [3.8, 4) is 11.8 Å². The van der Waals surface area contributed by atoms with Crippen molar-refractivity contribution >= 4 is 35.8 Å². The lowest BCUT2D eigenvalue weighted by molar-refractivity contribution is -0.242. The fourth-order valence-corrected chi connectivity index (χ4v) is 4.09. The Kier molecular flexibility index (Phi) is 12.3. The molecule has 1 aliphatic rings. The van der Waals surface area contributed by atoms with Gasteiger partial charge < -0.3 is 33.7 Å². The second-order valence-corrected chi connectivity index (χ2v) is 9.07. The van der Waals surface area contributed by atoms with E-state index in [4.69, 9.17) is 28.4 Å². The first-order valence-electron chi connectivity index (χ1n) is 12.6. The highest BCUT2D eigenvalue weighted by Crippen LogP contribution is 2.29. The van der Waals surface area contributed by atoms with Crippen LogP contribution in [0.4, 0.5) is 0 Å². The number of ether oxygens (including phenoxy) is 6. The molecular formula is C28H33NO12. The quantitative estimate of drug-likeness (QED) is 0.244. The van der Waals surface area contributed by atoms with E-state index in [9.17, 15) is 28.8 Å². The van der Waals surface area contributed by atoms with Gasteiger partial charge in [-0.05, 0) is 17.7 Å². The zero-order valence-corrected chi connectivity index (χ0v) is 23.6. The third kappa shape index (κ3) is 10.6. The molecule has 0 aliphatic carbocycles. The first-order valence-corrected chi connectivity index (χ1v) is 12.6. The molecule has 13 heteroatoms. The third-order valence-electron chi connectivity index (χ3n) is 5.58. The molecule has 0 aromatic heterocycles. The van der Waals surface area contributed by atoms with Gasteiger partial charge in [-0.15, -0.1) is 0 Å². The maximum absolute atomic E-state index is 12.1. The summed E-state index contributed by atoms with van der Waals surface area (Å²) in [4.78, 5) is 70.9. The molecule has 6 atom stereocenters. The van der Waals surface area contributed by atoms with Crippen molar-refractivity contribution in [2.45, 2.75) is 77.6 Å². The molecular weight excluding hydrogens is 542 g/mol. The van der Waals surface area contributed by atoms with Crippen LogP contribution in [-0.2, 0) is 63.6 Å². The van der Waals surface area contributed by atoms with Gasteiger partial charge in [-0.3, -0.25) is 24.0 Å². The summed E-state index contributed by atoms with van der Waals surface area (Å²) >= 11 is 0. The number of amides is 1. The molecule has 1 aliphatic heterocycles. The summed E-state index contributed by atoms with van der Waals surface area (Å²) in [5.74, 6) is 1.87. The Labute approximate surface area is 237 Å². The second kappa shape index (κ2) is 15.4. The predicted octanol–water partition coefficient (Wildman–Crippen LogP) is 0.384. The van der Waals surface area contributed by atoms with Crippen molar-refractivity contribution in [1.29, 1.82) is 0 Å². The van der Waals surface area contributed by atoms with Crippen LogP contribution < -0.4 is 5.32 Å². The van der Waals surface area contributed by atoms with Crippen LogP contribution in [0.3, 0.4) is 0 Å². The lowest BCUT2D eigenvalue weighted by atomic mass is 9.94. The molecule has 1 unspecified atom stereocenters. The van der Waals surface area contributed by atoms with Crippen LogP contribution in [-0.4, -0.2) is 86.0 Å². The largest absolute Gasteiger partial charge is 0.467 e. The normalized spacial score (nSPS) is 22.0. The van der Waals surface area contributed by atoms with E-state index in [1.165, 1.54) is 21.0 Å². The molecule has 1 amide bonds. The smallest absolute Gasteiger partial charge is 0.328 e. The van der Waals surface area contributed by atoms with Gasteiger partial charge in [0.05, 0.1) is 7.11 Å². The predicted molar refractivity (Wildman–Crippen MR) is 139 cm³/mol. The van der Waals surface area contributed by atoms with Gasteiger partial charge in [0.1, 0.15) is 18.8 Å². The minimum absolute atomic E-state index is 0.126. The first-order chi connectivity index (χ1) is 19.3. The van der Waals surface area contributed by atoms with Gasteiger partial charge in [0.15, 0.2) is 24.4 Å². The van der Waals surface area contributed by atoms with Crippen molar-refractivity contribution in [1.82, 2.24) is 5.32 Å². The fraction of sp³-hybridized carbons (Fsp3) is 0.500. The lowest BCUT2D eigenvalue weighted by Crippen LogP contribution is -2.62. The Morgan fingerprint density at radius 3 is 2.05 bits per heavy atom. The molecule has 41 heavy (non-hydrogen) atoms. The number of hydrogen-bond acceptors (Lipinski definition) is 12. The highest BCUT2D eigenvalue weighted by Gasteiger charge is 2.51. The van der Waals surface area contributed by atoms with Gasteiger partial charge in [0, 0.05) is 46.6 Å². The van der Waals surface area contributed by atoms with E-state index in [1.807, 2.05) is 0 Å². The molecule has 1 aromatic carbocycles. The summed E-state index contributed by atoms with van der Waals surface area (Å²) in [6, 6.07) is 5.86. The number of esters is 5. The van der Waals surface area contributed by atoms with E-state index in [0.717, 1.165) is 20.8 Å². The van der Waals surface area contributed by atoms with Crippen LogP contribution in [0, 0.1) is 11.8 Å². The molecule has 1 fully saturated rings. The molecule has 0 bridgehead atoms. The fourth-order valence-electron chi connectivity index (χ4n) is 4.09. The number of carbonyl (C=O) groups excluding carboxylic acids is 6. The van der Waals surface area contributed by atoms with Gasteiger partial charge in [0.25, 0.3) is 0 Å². The highest BCUT2D eigenvalue weighted by molar-refractivity contribution is 5.83. The van der Waals surface area contributed by atoms with Gasteiger partial charge in [-0.1, -0.05) is 24.0 Å². The van der Waals surface area contributed by atoms with Crippen LogP contribution in [0.25, 0.3) is 0 Å². The van der Waals surface area contributed by atoms with Crippen LogP contribution in [0.15, 0.2) is 24.3 Å². The summed E-state index contributed by atoms with van der Waals surface area (Å²) in [6.45, 7) is 5.48. The third-order valence-corrected chi connectivity index (χ3v) is 5.58. The summed E-state index contributed by atoms with van der Waals surface area (Å²) in [7, 11) is 1.21. The van der Waals surface area contributed by atoms with Crippen molar-refractivity contribution in [2.24, 2.45) is 0 Å². The molecule has 1 heterocycles. The van der Waals surface area contributed by atoms with Gasteiger partial charge in [0.2, 0.25) is 5.91 Å². The van der Waals surface area contributed by atoms with Crippen molar-refractivity contribution in [3.63, 3.8) is 0 Å². The molecule has 2 rings (SSSR count). The highest BCUT2D eigenvalue weighted by atomic mass is 16.7. The standard InChI is InChI=1S/C28H33NO12/c1-15(30)29-22(28(35)36-6)13-21-9-7-8-20(12-21)10-11-23-25(38-17(3)32)27(40-19(5)34)26(39-18(4)33)24(41-23)14-37-16(2)31/h7-9,12,22-27H,13-14H2,1-6H3,(H,29,30)/t22?,23-,24+,25+,26+,27+/m0/s1. The molecule has 0 saturated carbocycles. The Bertz CT molecular complexity index is 1220. The Balaban J connectivity index is 2.47. The first kappa shape index (κ1) is 32.8. The number of hydrogen-bond donors (Lipinski definition) is 1. The zero-order chi connectivity index (χ0) is 30.7. The Hall–Kier alpha value is -4.44. The topological polar surface area (TPSA) is 170 Å². The van der Waals surface area contributed by atoms with E-state index < -0.39 is 72.3 Å². The Morgan fingerprint density at radius 2 is 1.49 bits per heavy atom. The van der Waals surface area contributed by atoms with E-state index in [0.29, 0.717) is 11.1 Å². The monoisotopic (exact) mass is 575 g/mol. The maximum Gasteiger partial charge on any atom is 0.328 e. The molecule has 1 saturated heterocycles. The molecule has 13 nitrogen and oxygen atoms in total. The average Bonchev–Trinajstić information content (AvgIpc) is 2.87. The number of benzene rings is 1. The Morgan fingerprint density at radius 1 is 0.878 bits per heavy atom. The number of nitrogens with one attached hydrogen (secondary N) is 1. The van der Waals surface area contributed by atoms with Crippen molar-refractivity contribution < 1.29 is 57.2 Å². The number of carbonyl (C=O) groups is 6. The van der Waals surface area contributed by atoms with E-state index in [2.05, 4.69) is 17.2 Å². The van der Waals surface area contributed by atoms with Crippen LogP contribution >= 0.6 is 0 Å². The molecule has 0 spiro atoms. The van der Waals surface area contributed by atoms with Crippen LogP contribution in [0.5, 0.6) is 0 Å². The summed E-state index contributed by atoms with van der Waals surface area (Å²) in [6.07, 6.45) is -6.14. The van der Waals surface area contributed by atoms with Crippen LogP contribution in [0.1, 0.15) is 45.7 Å². The zero-order valence-electron chi connectivity index (χ0n) is 23.6. The SMILES string of the molecule is COC(=O)C(Cc1cccc(C#C[C@@H]2O[C@H](COC(C)=O)[C@@H](OC(C)=O)[C@H](OC(C)=O)[C@@H]2OC(C)=O)c1)NC(C)=O.